The maximum absolute atomic E-state index is 12.3. The number of likely N-dealkylation sites (tertiary alicyclic amines) is 1. The maximum atomic E-state index is 12.3. The molecule has 1 fully saturated rings. The summed E-state index contributed by atoms with van der Waals surface area (Å²) in [4.78, 5) is 14.3. The number of carbonyl (C=O) groups is 1. The molecule has 20 heavy (non-hydrogen) atoms. The van der Waals surface area contributed by atoms with Crippen LogP contribution < -0.4 is 5.73 Å². The number of rotatable bonds is 4. The standard InChI is InChI=1S/C17H26N2O/c1-17(2)13-19(12-11-15(17)18)16(20)10-6-9-14-7-4-3-5-8-14/h3-5,7-8,15H,6,9-13,18H2,1-2H3. The van der Waals surface area contributed by atoms with Gasteiger partial charge in [0.05, 0.1) is 0 Å². The average Bonchev–Trinajstić information content (AvgIpc) is 2.43. The first-order chi connectivity index (χ1) is 9.49. The van der Waals surface area contributed by atoms with Crippen LogP contribution in [0.1, 0.15) is 38.7 Å². The molecule has 1 amide bonds. The SMILES string of the molecule is CC1(C)CN(C(=O)CCCc2ccccc2)CCC1N. The number of nitrogens with two attached hydrogens (primary N) is 1. The third kappa shape index (κ3) is 3.83. The van der Waals surface area contributed by atoms with Crippen LogP contribution in [0.2, 0.25) is 0 Å². The molecule has 1 aromatic rings. The van der Waals surface area contributed by atoms with Gasteiger partial charge in [-0.2, -0.15) is 0 Å². The van der Waals surface area contributed by atoms with Gasteiger partial charge >= 0.3 is 0 Å². The summed E-state index contributed by atoms with van der Waals surface area (Å²) in [6, 6.07) is 10.6. The van der Waals surface area contributed by atoms with Gasteiger partial charge in [0, 0.05) is 25.6 Å². The van der Waals surface area contributed by atoms with Crippen LogP contribution in [0.4, 0.5) is 0 Å². The first-order valence-electron chi connectivity index (χ1n) is 7.56. The van der Waals surface area contributed by atoms with Crippen molar-refractivity contribution < 1.29 is 4.79 Å². The minimum atomic E-state index is 0.0351. The summed E-state index contributed by atoms with van der Waals surface area (Å²) < 4.78 is 0. The minimum Gasteiger partial charge on any atom is -0.342 e. The zero-order valence-corrected chi connectivity index (χ0v) is 12.6. The molecule has 1 aromatic carbocycles. The quantitative estimate of drug-likeness (QED) is 0.917. The van der Waals surface area contributed by atoms with E-state index in [1.807, 2.05) is 23.1 Å². The van der Waals surface area contributed by atoms with Crippen molar-refractivity contribution in [2.45, 2.75) is 45.6 Å². The molecule has 1 saturated heterocycles. The van der Waals surface area contributed by atoms with E-state index in [-0.39, 0.29) is 17.4 Å². The van der Waals surface area contributed by atoms with Crippen molar-refractivity contribution in [2.75, 3.05) is 13.1 Å². The molecule has 1 atom stereocenters. The Labute approximate surface area is 122 Å². The van der Waals surface area contributed by atoms with Crippen molar-refractivity contribution in [1.82, 2.24) is 4.90 Å². The van der Waals surface area contributed by atoms with Gasteiger partial charge in [-0.05, 0) is 30.2 Å². The van der Waals surface area contributed by atoms with Gasteiger partial charge in [0.2, 0.25) is 5.91 Å². The van der Waals surface area contributed by atoms with Crippen LogP contribution in [0.5, 0.6) is 0 Å². The van der Waals surface area contributed by atoms with Gasteiger partial charge in [0.1, 0.15) is 0 Å². The van der Waals surface area contributed by atoms with Crippen molar-refractivity contribution in [2.24, 2.45) is 11.1 Å². The Bertz CT molecular complexity index is 442. The predicted molar refractivity (Wildman–Crippen MR) is 82.3 cm³/mol. The van der Waals surface area contributed by atoms with Gasteiger partial charge in [0.15, 0.2) is 0 Å². The van der Waals surface area contributed by atoms with Crippen LogP contribution in [-0.2, 0) is 11.2 Å². The molecule has 0 radical (unpaired) electrons. The van der Waals surface area contributed by atoms with Crippen LogP contribution in [0.25, 0.3) is 0 Å². The van der Waals surface area contributed by atoms with E-state index in [4.69, 9.17) is 5.73 Å². The summed E-state index contributed by atoms with van der Waals surface area (Å²) in [5.74, 6) is 0.279. The second-order valence-corrected chi connectivity index (χ2v) is 6.54. The molecular weight excluding hydrogens is 248 g/mol. The summed E-state index contributed by atoms with van der Waals surface area (Å²) >= 11 is 0. The lowest BCUT2D eigenvalue weighted by Crippen LogP contribution is -2.53. The molecule has 1 heterocycles. The van der Waals surface area contributed by atoms with Crippen LogP contribution in [0.15, 0.2) is 30.3 Å². The van der Waals surface area contributed by atoms with E-state index < -0.39 is 0 Å². The van der Waals surface area contributed by atoms with Gasteiger partial charge in [0.25, 0.3) is 0 Å². The molecule has 3 heteroatoms. The van der Waals surface area contributed by atoms with Gasteiger partial charge in [-0.3, -0.25) is 4.79 Å². The first kappa shape index (κ1) is 15.0. The summed E-state index contributed by atoms with van der Waals surface area (Å²) in [5.41, 5.74) is 7.45. The molecular formula is C17H26N2O. The van der Waals surface area contributed by atoms with Crippen molar-refractivity contribution in [3.05, 3.63) is 35.9 Å². The van der Waals surface area contributed by atoms with Gasteiger partial charge in [-0.1, -0.05) is 44.2 Å². The fourth-order valence-electron chi connectivity index (χ4n) is 2.83. The molecule has 0 aliphatic carbocycles. The summed E-state index contributed by atoms with van der Waals surface area (Å²) in [6.45, 7) is 5.91. The number of amides is 1. The number of nitrogens with zero attached hydrogens (tertiary/aromatic N) is 1. The largest absolute Gasteiger partial charge is 0.342 e. The van der Waals surface area contributed by atoms with E-state index in [9.17, 15) is 4.79 Å². The molecule has 0 bridgehead atoms. The molecule has 2 N–H and O–H groups in total. The molecule has 110 valence electrons. The van der Waals surface area contributed by atoms with Crippen LogP contribution >= 0.6 is 0 Å². The highest BCUT2D eigenvalue weighted by molar-refractivity contribution is 5.76. The lowest BCUT2D eigenvalue weighted by molar-refractivity contribution is -0.134. The van der Waals surface area contributed by atoms with E-state index in [0.29, 0.717) is 6.42 Å². The van der Waals surface area contributed by atoms with Gasteiger partial charge < -0.3 is 10.6 Å². The molecule has 2 rings (SSSR count). The molecule has 3 nitrogen and oxygen atoms in total. The minimum absolute atomic E-state index is 0.0351. The lowest BCUT2D eigenvalue weighted by Gasteiger charge is -2.42. The second-order valence-electron chi connectivity index (χ2n) is 6.54. The molecule has 0 aromatic heterocycles. The number of aryl methyl sites for hydroxylation is 1. The molecule has 1 aliphatic heterocycles. The smallest absolute Gasteiger partial charge is 0.222 e. The summed E-state index contributed by atoms with van der Waals surface area (Å²) in [7, 11) is 0. The lowest BCUT2D eigenvalue weighted by atomic mass is 9.79. The van der Waals surface area contributed by atoms with Crippen LogP contribution in [0, 0.1) is 5.41 Å². The highest BCUT2D eigenvalue weighted by Crippen LogP contribution is 2.28. The normalized spacial score (nSPS) is 21.8. The molecule has 1 aliphatic rings. The predicted octanol–water partition coefficient (Wildman–Crippen LogP) is 2.60. The van der Waals surface area contributed by atoms with E-state index in [1.54, 1.807) is 0 Å². The molecule has 0 spiro atoms. The van der Waals surface area contributed by atoms with Crippen molar-refractivity contribution in [3.8, 4) is 0 Å². The summed E-state index contributed by atoms with van der Waals surface area (Å²) in [6.07, 6.45) is 3.45. The van der Waals surface area contributed by atoms with Crippen molar-refractivity contribution in [1.29, 1.82) is 0 Å². The second kappa shape index (κ2) is 6.40. The Morgan fingerprint density at radius 2 is 2.05 bits per heavy atom. The Hall–Kier alpha value is -1.35. The Kier molecular flexibility index (Phi) is 4.81. The third-order valence-electron chi connectivity index (χ3n) is 4.36. The molecule has 0 saturated carbocycles. The third-order valence-corrected chi connectivity index (χ3v) is 4.36. The fraction of sp³-hybridized carbons (Fsp3) is 0.588. The average molecular weight is 274 g/mol. The molecule has 1 unspecified atom stereocenters. The van der Waals surface area contributed by atoms with Crippen molar-refractivity contribution in [3.63, 3.8) is 0 Å². The monoisotopic (exact) mass is 274 g/mol. The van der Waals surface area contributed by atoms with Gasteiger partial charge in [-0.25, -0.2) is 0 Å². The Morgan fingerprint density at radius 3 is 2.70 bits per heavy atom. The maximum Gasteiger partial charge on any atom is 0.222 e. The number of hydrogen-bond acceptors (Lipinski definition) is 2. The van der Waals surface area contributed by atoms with E-state index in [1.165, 1.54) is 5.56 Å². The zero-order chi connectivity index (χ0) is 14.6. The fourth-order valence-corrected chi connectivity index (χ4v) is 2.83. The van der Waals surface area contributed by atoms with Gasteiger partial charge in [-0.15, -0.1) is 0 Å². The highest BCUT2D eigenvalue weighted by Gasteiger charge is 2.34. The number of carbonyl (C=O) groups excluding carboxylic acids is 1. The highest BCUT2D eigenvalue weighted by atomic mass is 16.2. The Morgan fingerprint density at radius 1 is 1.35 bits per heavy atom. The number of hydrogen-bond donors (Lipinski definition) is 1. The Balaban J connectivity index is 1.78. The van der Waals surface area contributed by atoms with E-state index >= 15 is 0 Å². The van der Waals surface area contributed by atoms with E-state index in [0.717, 1.165) is 32.4 Å². The van der Waals surface area contributed by atoms with Crippen LogP contribution in [-0.4, -0.2) is 29.9 Å². The van der Waals surface area contributed by atoms with Crippen molar-refractivity contribution >= 4 is 5.91 Å². The summed E-state index contributed by atoms with van der Waals surface area (Å²) in [5, 5.41) is 0. The topological polar surface area (TPSA) is 46.3 Å². The number of benzene rings is 1. The van der Waals surface area contributed by atoms with Crippen LogP contribution in [0.3, 0.4) is 0 Å². The first-order valence-corrected chi connectivity index (χ1v) is 7.56. The van der Waals surface area contributed by atoms with E-state index in [2.05, 4.69) is 26.0 Å². The number of piperidine rings is 1. The zero-order valence-electron chi connectivity index (χ0n) is 12.6.